The van der Waals surface area contributed by atoms with Crippen molar-refractivity contribution in [3.8, 4) is 17.4 Å². The Morgan fingerprint density at radius 2 is 1.75 bits per heavy atom. The summed E-state index contributed by atoms with van der Waals surface area (Å²) in [5, 5.41) is 16.0. The summed E-state index contributed by atoms with van der Waals surface area (Å²) in [4.78, 5) is 0. The molecule has 1 aromatic heterocycles. The molecular formula is C26H31N5O. The summed E-state index contributed by atoms with van der Waals surface area (Å²) in [6.45, 7) is 5.91. The molecule has 4 bridgehead atoms. The number of tetrazole rings is 1. The summed E-state index contributed by atoms with van der Waals surface area (Å²) in [5.74, 6) is 1.64. The minimum Gasteiger partial charge on any atom is -0.423 e. The third-order valence-electron chi connectivity index (χ3n) is 7.84. The van der Waals surface area contributed by atoms with Gasteiger partial charge >= 0.3 is 6.01 Å². The minimum atomic E-state index is 0.289. The fourth-order valence-electron chi connectivity index (χ4n) is 7.73. The summed E-state index contributed by atoms with van der Waals surface area (Å²) in [5.41, 5.74) is 3.42. The molecule has 7 rings (SSSR count). The highest BCUT2D eigenvalue weighted by atomic mass is 16.5. The molecule has 0 amide bonds. The molecule has 0 saturated heterocycles. The molecule has 0 spiro atoms. The summed E-state index contributed by atoms with van der Waals surface area (Å²) in [6, 6.07) is 18.4. The van der Waals surface area contributed by atoms with Crippen molar-refractivity contribution in [3.63, 3.8) is 0 Å². The van der Waals surface area contributed by atoms with Gasteiger partial charge in [-0.15, -0.1) is 0 Å². The van der Waals surface area contributed by atoms with Gasteiger partial charge < -0.3 is 10.1 Å². The predicted molar refractivity (Wildman–Crippen MR) is 123 cm³/mol. The number of rotatable bonds is 6. The molecule has 2 unspecified atom stereocenters. The van der Waals surface area contributed by atoms with Crippen LogP contribution in [0.25, 0.3) is 5.69 Å². The van der Waals surface area contributed by atoms with Crippen LogP contribution in [0.4, 0.5) is 0 Å². The van der Waals surface area contributed by atoms with E-state index >= 15 is 0 Å². The van der Waals surface area contributed by atoms with Crippen molar-refractivity contribution in [1.82, 2.24) is 25.5 Å². The summed E-state index contributed by atoms with van der Waals surface area (Å²) < 4.78 is 7.68. The Bertz CT molecular complexity index is 1110. The molecule has 2 atom stereocenters. The average Bonchev–Trinajstić information content (AvgIpc) is 3.19. The maximum Gasteiger partial charge on any atom is 0.345 e. The number of hydrogen-bond acceptors (Lipinski definition) is 5. The molecule has 4 aliphatic carbocycles. The lowest BCUT2D eigenvalue weighted by atomic mass is 9.43. The van der Waals surface area contributed by atoms with Crippen LogP contribution in [0.15, 0.2) is 54.6 Å². The van der Waals surface area contributed by atoms with E-state index in [1.165, 1.54) is 44.1 Å². The van der Waals surface area contributed by atoms with Gasteiger partial charge in [0.1, 0.15) is 5.75 Å². The van der Waals surface area contributed by atoms with E-state index in [0.717, 1.165) is 23.9 Å². The number of benzene rings is 2. The number of ether oxygens (including phenoxy) is 1. The Balaban J connectivity index is 1.18. The summed E-state index contributed by atoms with van der Waals surface area (Å²) in [6.07, 6.45) is 8.21. The van der Waals surface area contributed by atoms with Crippen LogP contribution in [-0.2, 0) is 6.54 Å². The zero-order chi connectivity index (χ0) is 21.8. The molecule has 2 aromatic carbocycles. The zero-order valence-corrected chi connectivity index (χ0v) is 18.9. The second-order valence-electron chi connectivity index (χ2n) is 11.2. The van der Waals surface area contributed by atoms with Crippen molar-refractivity contribution >= 4 is 0 Å². The fourth-order valence-corrected chi connectivity index (χ4v) is 7.73. The average molecular weight is 430 g/mol. The molecule has 6 nitrogen and oxygen atoms in total. The van der Waals surface area contributed by atoms with Crippen LogP contribution >= 0.6 is 0 Å². The lowest BCUT2D eigenvalue weighted by Gasteiger charge is -2.65. The van der Waals surface area contributed by atoms with Gasteiger partial charge in [-0.05, 0) is 95.5 Å². The molecule has 4 fully saturated rings. The topological polar surface area (TPSA) is 64.9 Å². The van der Waals surface area contributed by atoms with E-state index < -0.39 is 0 Å². The van der Waals surface area contributed by atoms with Gasteiger partial charge in [0.2, 0.25) is 0 Å². The van der Waals surface area contributed by atoms with E-state index in [9.17, 15) is 0 Å². The molecular weight excluding hydrogens is 398 g/mol. The lowest BCUT2D eigenvalue weighted by molar-refractivity contribution is -0.118. The molecule has 0 radical (unpaired) electrons. The van der Waals surface area contributed by atoms with Crippen molar-refractivity contribution in [1.29, 1.82) is 0 Å². The monoisotopic (exact) mass is 429 g/mol. The first kappa shape index (κ1) is 19.9. The van der Waals surface area contributed by atoms with E-state index in [-0.39, 0.29) is 5.54 Å². The van der Waals surface area contributed by atoms with E-state index in [2.05, 4.69) is 46.8 Å². The molecule has 3 aromatic rings. The first-order valence-corrected chi connectivity index (χ1v) is 11.8. The van der Waals surface area contributed by atoms with Crippen LogP contribution in [-0.4, -0.2) is 25.7 Å². The standard InChI is InChI=1S/C26H31N5O/c1-24-12-20-13-25(2,16-24)18-26(14-20,17-24)27-15-19-7-6-10-22(11-19)32-23-28-29-30-31(23)21-8-4-3-5-9-21/h3-11,20,27H,12-18H2,1-2H3. The van der Waals surface area contributed by atoms with Crippen molar-refractivity contribution < 1.29 is 4.74 Å². The van der Waals surface area contributed by atoms with Crippen molar-refractivity contribution in [2.45, 2.75) is 64.5 Å². The van der Waals surface area contributed by atoms with Gasteiger partial charge in [-0.2, -0.15) is 4.68 Å². The summed E-state index contributed by atoms with van der Waals surface area (Å²) >= 11 is 0. The molecule has 0 aliphatic heterocycles. The minimum absolute atomic E-state index is 0.289. The predicted octanol–water partition coefficient (Wildman–Crippen LogP) is 5.29. The van der Waals surface area contributed by atoms with Crippen LogP contribution in [0.5, 0.6) is 11.8 Å². The smallest absolute Gasteiger partial charge is 0.345 e. The number of hydrogen-bond donors (Lipinski definition) is 1. The highest BCUT2D eigenvalue weighted by molar-refractivity contribution is 5.34. The van der Waals surface area contributed by atoms with Gasteiger partial charge in [0.05, 0.1) is 5.69 Å². The molecule has 1 N–H and O–H groups in total. The lowest BCUT2D eigenvalue weighted by Crippen LogP contribution is -2.63. The number of aromatic nitrogens is 4. The van der Waals surface area contributed by atoms with Gasteiger partial charge in [0.15, 0.2) is 0 Å². The quantitative estimate of drug-likeness (QED) is 0.576. The van der Waals surface area contributed by atoms with Crippen LogP contribution in [0, 0.1) is 16.7 Å². The second kappa shape index (κ2) is 7.14. The van der Waals surface area contributed by atoms with E-state index in [0.29, 0.717) is 16.8 Å². The Kier molecular flexibility index (Phi) is 4.44. The van der Waals surface area contributed by atoms with Crippen molar-refractivity contribution in [2.75, 3.05) is 0 Å². The Labute approximate surface area is 189 Å². The SMILES string of the molecule is CC12CC3CC(C)(C1)CC(NCc1cccc(Oc4nnnn4-c4ccccc4)c1)(C3)C2. The highest BCUT2D eigenvalue weighted by Gasteiger charge is 2.59. The normalized spacial score (nSPS) is 32.9. The Morgan fingerprint density at radius 1 is 0.969 bits per heavy atom. The molecule has 32 heavy (non-hydrogen) atoms. The molecule has 166 valence electrons. The molecule has 1 heterocycles. The first-order chi connectivity index (χ1) is 15.4. The van der Waals surface area contributed by atoms with Crippen LogP contribution in [0.2, 0.25) is 0 Å². The maximum absolute atomic E-state index is 6.07. The van der Waals surface area contributed by atoms with Crippen LogP contribution in [0.1, 0.15) is 57.9 Å². The van der Waals surface area contributed by atoms with E-state index in [1.807, 2.05) is 42.5 Å². The number of nitrogens with one attached hydrogen (secondary N) is 1. The first-order valence-electron chi connectivity index (χ1n) is 11.8. The number of nitrogens with zero attached hydrogens (tertiary/aromatic N) is 4. The van der Waals surface area contributed by atoms with Gasteiger partial charge in [0.25, 0.3) is 0 Å². The maximum atomic E-state index is 6.07. The molecule has 6 heteroatoms. The van der Waals surface area contributed by atoms with Gasteiger partial charge in [0, 0.05) is 12.1 Å². The zero-order valence-electron chi connectivity index (χ0n) is 18.9. The highest BCUT2D eigenvalue weighted by Crippen LogP contribution is 2.66. The van der Waals surface area contributed by atoms with E-state index in [4.69, 9.17) is 4.74 Å². The molecule has 4 saturated carbocycles. The third-order valence-corrected chi connectivity index (χ3v) is 7.84. The van der Waals surface area contributed by atoms with Crippen molar-refractivity contribution in [2.24, 2.45) is 16.7 Å². The van der Waals surface area contributed by atoms with Gasteiger partial charge in [-0.3, -0.25) is 0 Å². The third kappa shape index (κ3) is 3.60. The van der Waals surface area contributed by atoms with Crippen LogP contribution in [0.3, 0.4) is 0 Å². The molecule has 4 aliphatic rings. The Hall–Kier alpha value is -2.73. The van der Waals surface area contributed by atoms with Crippen LogP contribution < -0.4 is 10.1 Å². The summed E-state index contributed by atoms with van der Waals surface area (Å²) in [7, 11) is 0. The Morgan fingerprint density at radius 3 is 2.50 bits per heavy atom. The largest absolute Gasteiger partial charge is 0.423 e. The van der Waals surface area contributed by atoms with Gasteiger partial charge in [-0.25, -0.2) is 0 Å². The second-order valence-corrected chi connectivity index (χ2v) is 11.2. The van der Waals surface area contributed by atoms with Crippen molar-refractivity contribution in [3.05, 3.63) is 60.2 Å². The van der Waals surface area contributed by atoms with Gasteiger partial charge in [-0.1, -0.05) is 49.3 Å². The number of para-hydroxylation sites is 1. The van der Waals surface area contributed by atoms with E-state index in [1.54, 1.807) is 4.68 Å². The fraction of sp³-hybridized carbons (Fsp3) is 0.500.